The third-order valence-electron chi connectivity index (χ3n) is 2.61. The monoisotopic (exact) mass is 207 g/mol. The van der Waals surface area contributed by atoms with Crippen LogP contribution >= 0.6 is 0 Å². The smallest absolute Gasteiger partial charge is 0.0772 e. The minimum absolute atomic E-state index is 0.780. The second kappa shape index (κ2) is 5.09. The van der Waals surface area contributed by atoms with Gasteiger partial charge in [-0.05, 0) is 18.6 Å². The van der Waals surface area contributed by atoms with Crippen molar-refractivity contribution < 1.29 is 4.74 Å². The molecule has 15 heavy (non-hydrogen) atoms. The lowest BCUT2D eigenvalue weighted by atomic mass is 10.2. The Labute approximate surface area is 90.0 Å². The molecule has 2 heterocycles. The Morgan fingerprint density at radius 3 is 3.20 bits per heavy atom. The number of nitrogen functional groups attached to an aromatic ring is 1. The standard InChI is InChI=1S/C11H17N3O/c12-10-3-1-4-13-11(10)9-14-5-2-7-15-8-6-14/h1,3-4H,2,5-9,12H2. The Balaban J connectivity index is 1.98. The van der Waals surface area contributed by atoms with Gasteiger partial charge in [-0.1, -0.05) is 0 Å². The van der Waals surface area contributed by atoms with Gasteiger partial charge in [0.05, 0.1) is 18.0 Å². The molecule has 0 bridgehead atoms. The summed E-state index contributed by atoms with van der Waals surface area (Å²) in [6.45, 7) is 4.54. The van der Waals surface area contributed by atoms with Crippen molar-refractivity contribution >= 4 is 5.69 Å². The number of nitrogens with two attached hydrogens (primary N) is 1. The van der Waals surface area contributed by atoms with Gasteiger partial charge in [-0.25, -0.2) is 0 Å². The highest BCUT2D eigenvalue weighted by atomic mass is 16.5. The van der Waals surface area contributed by atoms with Gasteiger partial charge in [-0.2, -0.15) is 0 Å². The van der Waals surface area contributed by atoms with Gasteiger partial charge >= 0.3 is 0 Å². The number of ether oxygens (including phenoxy) is 1. The molecule has 0 radical (unpaired) electrons. The van der Waals surface area contributed by atoms with Crippen molar-refractivity contribution in [3.05, 3.63) is 24.0 Å². The Morgan fingerprint density at radius 1 is 1.40 bits per heavy atom. The highest BCUT2D eigenvalue weighted by molar-refractivity contribution is 5.41. The topological polar surface area (TPSA) is 51.4 Å². The van der Waals surface area contributed by atoms with Gasteiger partial charge < -0.3 is 10.5 Å². The van der Waals surface area contributed by atoms with Crippen molar-refractivity contribution in [2.75, 3.05) is 32.0 Å². The van der Waals surface area contributed by atoms with E-state index in [-0.39, 0.29) is 0 Å². The van der Waals surface area contributed by atoms with Crippen LogP contribution in [0.25, 0.3) is 0 Å². The summed E-state index contributed by atoms with van der Waals surface area (Å²) in [6.07, 6.45) is 2.88. The van der Waals surface area contributed by atoms with Gasteiger partial charge in [0.15, 0.2) is 0 Å². The highest BCUT2D eigenvalue weighted by Gasteiger charge is 2.11. The average molecular weight is 207 g/mol. The van der Waals surface area contributed by atoms with Crippen molar-refractivity contribution in [3.63, 3.8) is 0 Å². The molecule has 1 saturated heterocycles. The van der Waals surface area contributed by atoms with Gasteiger partial charge in [0.25, 0.3) is 0 Å². The average Bonchev–Trinajstić information content (AvgIpc) is 2.50. The molecule has 0 amide bonds. The molecule has 2 N–H and O–H groups in total. The van der Waals surface area contributed by atoms with E-state index in [0.29, 0.717) is 0 Å². The number of aromatic nitrogens is 1. The fourth-order valence-corrected chi connectivity index (χ4v) is 1.75. The number of hydrogen-bond donors (Lipinski definition) is 1. The molecule has 1 aromatic rings. The minimum Gasteiger partial charge on any atom is -0.397 e. The van der Waals surface area contributed by atoms with Crippen LogP contribution in [0.4, 0.5) is 5.69 Å². The quantitative estimate of drug-likeness (QED) is 0.782. The molecule has 4 heteroatoms. The molecule has 0 aliphatic carbocycles. The summed E-state index contributed by atoms with van der Waals surface area (Å²) in [5.74, 6) is 0. The number of anilines is 1. The Morgan fingerprint density at radius 2 is 2.33 bits per heavy atom. The van der Waals surface area contributed by atoms with E-state index < -0.39 is 0 Å². The SMILES string of the molecule is Nc1cccnc1CN1CCCOCC1. The highest BCUT2D eigenvalue weighted by Crippen LogP contribution is 2.11. The van der Waals surface area contributed by atoms with Crippen LogP contribution in [0.1, 0.15) is 12.1 Å². The van der Waals surface area contributed by atoms with E-state index >= 15 is 0 Å². The summed E-state index contributed by atoms with van der Waals surface area (Å²) in [7, 11) is 0. The second-order valence-electron chi connectivity index (χ2n) is 3.78. The Kier molecular flexibility index (Phi) is 3.53. The van der Waals surface area contributed by atoms with Crippen molar-refractivity contribution in [1.29, 1.82) is 0 Å². The third kappa shape index (κ3) is 2.91. The molecule has 1 aliphatic rings. The summed E-state index contributed by atoms with van der Waals surface area (Å²) in [5.41, 5.74) is 7.61. The third-order valence-corrected chi connectivity index (χ3v) is 2.61. The van der Waals surface area contributed by atoms with Crippen LogP contribution in [-0.2, 0) is 11.3 Å². The summed E-state index contributed by atoms with van der Waals surface area (Å²) in [4.78, 5) is 6.63. The van der Waals surface area contributed by atoms with Crippen LogP contribution in [0.5, 0.6) is 0 Å². The lowest BCUT2D eigenvalue weighted by Crippen LogP contribution is -2.26. The number of hydrogen-bond acceptors (Lipinski definition) is 4. The summed E-state index contributed by atoms with van der Waals surface area (Å²) in [6, 6.07) is 3.76. The lowest BCUT2D eigenvalue weighted by molar-refractivity contribution is 0.140. The Hall–Kier alpha value is -1.13. The maximum Gasteiger partial charge on any atom is 0.0772 e. The van der Waals surface area contributed by atoms with E-state index in [1.54, 1.807) is 6.20 Å². The first kappa shape index (κ1) is 10.4. The summed E-state index contributed by atoms with van der Waals surface area (Å²) >= 11 is 0. The zero-order valence-corrected chi connectivity index (χ0v) is 8.85. The van der Waals surface area contributed by atoms with Crippen molar-refractivity contribution in [1.82, 2.24) is 9.88 Å². The van der Waals surface area contributed by atoms with Crippen LogP contribution in [0.2, 0.25) is 0 Å². The van der Waals surface area contributed by atoms with E-state index in [2.05, 4.69) is 9.88 Å². The van der Waals surface area contributed by atoms with Crippen LogP contribution in [0, 0.1) is 0 Å². The molecule has 0 aromatic carbocycles. The van der Waals surface area contributed by atoms with Gasteiger partial charge in [-0.3, -0.25) is 9.88 Å². The van der Waals surface area contributed by atoms with Gasteiger partial charge in [0.1, 0.15) is 0 Å². The Bertz CT molecular complexity index is 308. The van der Waals surface area contributed by atoms with E-state index in [1.165, 1.54) is 0 Å². The van der Waals surface area contributed by atoms with E-state index in [4.69, 9.17) is 10.5 Å². The normalized spacial score (nSPS) is 18.7. The van der Waals surface area contributed by atoms with E-state index in [0.717, 1.165) is 50.7 Å². The van der Waals surface area contributed by atoms with Crippen LogP contribution in [0.15, 0.2) is 18.3 Å². The first-order valence-corrected chi connectivity index (χ1v) is 5.36. The molecule has 2 rings (SSSR count). The first-order valence-electron chi connectivity index (χ1n) is 5.36. The van der Waals surface area contributed by atoms with E-state index in [1.807, 2.05) is 12.1 Å². The number of pyridine rings is 1. The zero-order valence-electron chi connectivity index (χ0n) is 8.85. The molecule has 1 fully saturated rings. The maximum atomic E-state index is 5.86. The van der Waals surface area contributed by atoms with E-state index in [9.17, 15) is 0 Å². The molecule has 82 valence electrons. The van der Waals surface area contributed by atoms with Crippen molar-refractivity contribution in [2.45, 2.75) is 13.0 Å². The fourth-order valence-electron chi connectivity index (χ4n) is 1.75. The second-order valence-corrected chi connectivity index (χ2v) is 3.78. The lowest BCUT2D eigenvalue weighted by Gasteiger charge is -2.19. The predicted molar refractivity (Wildman–Crippen MR) is 59.4 cm³/mol. The molecule has 0 spiro atoms. The van der Waals surface area contributed by atoms with Crippen molar-refractivity contribution in [2.24, 2.45) is 0 Å². The van der Waals surface area contributed by atoms with Gasteiger partial charge in [0, 0.05) is 32.4 Å². The molecule has 0 atom stereocenters. The molecule has 1 aliphatic heterocycles. The van der Waals surface area contributed by atoms with Crippen LogP contribution in [-0.4, -0.2) is 36.2 Å². The minimum atomic E-state index is 0.780. The molecule has 1 aromatic heterocycles. The number of rotatable bonds is 2. The van der Waals surface area contributed by atoms with Gasteiger partial charge in [0.2, 0.25) is 0 Å². The molecular weight excluding hydrogens is 190 g/mol. The fraction of sp³-hybridized carbons (Fsp3) is 0.545. The molecule has 0 unspecified atom stereocenters. The number of nitrogens with zero attached hydrogens (tertiary/aromatic N) is 2. The zero-order chi connectivity index (χ0) is 10.5. The van der Waals surface area contributed by atoms with Crippen LogP contribution in [0.3, 0.4) is 0 Å². The maximum absolute atomic E-state index is 5.86. The molecule has 0 saturated carbocycles. The van der Waals surface area contributed by atoms with Crippen LogP contribution < -0.4 is 5.73 Å². The largest absolute Gasteiger partial charge is 0.397 e. The first-order chi connectivity index (χ1) is 7.36. The summed E-state index contributed by atoms with van der Waals surface area (Å²) in [5, 5.41) is 0. The predicted octanol–water partition coefficient (Wildman–Crippen LogP) is 0.886. The summed E-state index contributed by atoms with van der Waals surface area (Å²) < 4.78 is 5.40. The molecular formula is C11H17N3O. The molecule has 4 nitrogen and oxygen atoms in total. The van der Waals surface area contributed by atoms with Gasteiger partial charge in [-0.15, -0.1) is 0 Å². The van der Waals surface area contributed by atoms with Crippen molar-refractivity contribution in [3.8, 4) is 0 Å².